The van der Waals surface area contributed by atoms with E-state index in [-0.39, 0.29) is 11.8 Å². The molecule has 0 aromatic heterocycles. The molecule has 1 unspecified atom stereocenters. The maximum Gasteiger partial charge on any atom is 0.242 e. The summed E-state index contributed by atoms with van der Waals surface area (Å²) in [6.07, 6.45) is 1.16. The van der Waals surface area contributed by atoms with Crippen LogP contribution in [0.5, 0.6) is 0 Å². The lowest BCUT2D eigenvalue weighted by Gasteiger charge is -2.29. The van der Waals surface area contributed by atoms with Gasteiger partial charge in [0.05, 0.1) is 6.42 Å². The van der Waals surface area contributed by atoms with E-state index in [2.05, 4.69) is 17.4 Å². The highest BCUT2D eigenvalue weighted by atomic mass is 16.2. The zero-order chi connectivity index (χ0) is 20.7. The molecule has 0 radical (unpaired) electrons. The smallest absolute Gasteiger partial charge is 0.242 e. The molecule has 1 atom stereocenters. The maximum absolute atomic E-state index is 13.2. The van der Waals surface area contributed by atoms with Crippen LogP contribution in [-0.2, 0) is 22.6 Å². The molecule has 0 aliphatic heterocycles. The summed E-state index contributed by atoms with van der Waals surface area (Å²) in [6, 6.07) is 13.7. The van der Waals surface area contributed by atoms with Crippen molar-refractivity contribution in [2.75, 3.05) is 6.54 Å². The lowest BCUT2D eigenvalue weighted by Crippen LogP contribution is -2.48. The number of aryl methyl sites for hydroxylation is 3. The first-order chi connectivity index (χ1) is 13.3. The van der Waals surface area contributed by atoms with E-state index in [1.54, 1.807) is 11.8 Å². The minimum Gasteiger partial charge on any atom is -0.354 e. The summed E-state index contributed by atoms with van der Waals surface area (Å²) in [5, 5.41) is 2.91. The molecular weight excluding hydrogens is 348 g/mol. The fraction of sp³-hybridized carbons (Fsp3) is 0.417. The van der Waals surface area contributed by atoms with Gasteiger partial charge in [0.2, 0.25) is 11.8 Å². The Morgan fingerprint density at radius 2 is 1.61 bits per heavy atom. The molecule has 0 saturated carbocycles. The molecule has 4 heteroatoms. The Morgan fingerprint density at radius 1 is 0.964 bits per heavy atom. The molecule has 1 N–H and O–H groups in total. The van der Waals surface area contributed by atoms with Crippen molar-refractivity contribution in [1.82, 2.24) is 10.2 Å². The molecule has 0 aliphatic rings. The van der Waals surface area contributed by atoms with Gasteiger partial charge >= 0.3 is 0 Å². The van der Waals surface area contributed by atoms with Gasteiger partial charge in [-0.25, -0.2) is 0 Å². The molecule has 2 rings (SSSR count). The van der Waals surface area contributed by atoms with Crippen LogP contribution in [0, 0.1) is 20.8 Å². The molecule has 0 spiro atoms. The summed E-state index contributed by atoms with van der Waals surface area (Å²) in [5.74, 6) is -0.145. The minimum absolute atomic E-state index is 0.0364. The number of benzene rings is 2. The van der Waals surface area contributed by atoms with E-state index in [9.17, 15) is 9.59 Å². The lowest BCUT2D eigenvalue weighted by molar-refractivity contribution is -0.140. The highest BCUT2D eigenvalue weighted by Gasteiger charge is 2.26. The molecular formula is C24H32N2O2. The Morgan fingerprint density at radius 3 is 2.21 bits per heavy atom. The van der Waals surface area contributed by atoms with Crippen molar-refractivity contribution in [3.8, 4) is 0 Å². The van der Waals surface area contributed by atoms with Crippen LogP contribution in [0.1, 0.15) is 48.1 Å². The van der Waals surface area contributed by atoms with Gasteiger partial charge in [0.25, 0.3) is 0 Å². The zero-order valence-electron chi connectivity index (χ0n) is 17.7. The first-order valence-electron chi connectivity index (χ1n) is 10.00. The molecule has 2 aromatic carbocycles. The van der Waals surface area contributed by atoms with Gasteiger partial charge in [-0.05, 0) is 45.2 Å². The third-order valence-corrected chi connectivity index (χ3v) is 4.79. The lowest BCUT2D eigenvalue weighted by atomic mass is 10.0. The first-order valence-corrected chi connectivity index (χ1v) is 10.00. The highest BCUT2D eigenvalue weighted by Crippen LogP contribution is 2.15. The molecule has 2 aromatic rings. The van der Waals surface area contributed by atoms with Crippen LogP contribution in [0.15, 0.2) is 42.5 Å². The molecule has 0 heterocycles. The maximum atomic E-state index is 13.2. The van der Waals surface area contributed by atoms with Gasteiger partial charge in [0.1, 0.15) is 6.04 Å². The van der Waals surface area contributed by atoms with Crippen molar-refractivity contribution < 1.29 is 9.59 Å². The van der Waals surface area contributed by atoms with Crippen LogP contribution in [0.3, 0.4) is 0 Å². The molecule has 0 bridgehead atoms. The van der Waals surface area contributed by atoms with Gasteiger partial charge in [-0.1, -0.05) is 66.1 Å². The third kappa shape index (κ3) is 6.22. The molecule has 2 amide bonds. The van der Waals surface area contributed by atoms with Crippen molar-refractivity contribution in [2.45, 2.75) is 60.0 Å². The molecule has 28 heavy (non-hydrogen) atoms. The quantitative estimate of drug-likeness (QED) is 0.750. The van der Waals surface area contributed by atoms with Gasteiger partial charge in [0, 0.05) is 13.1 Å². The topological polar surface area (TPSA) is 49.4 Å². The Hall–Kier alpha value is -2.62. The van der Waals surface area contributed by atoms with E-state index in [1.165, 1.54) is 0 Å². The minimum atomic E-state index is -0.523. The first kappa shape index (κ1) is 21.7. The fourth-order valence-corrected chi connectivity index (χ4v) is 3.43. The van der Waals surface area contributed by atoms with Crippen molar-refractivity contribution in [2.24, 2.45) is 0 Å². The average Bonchev–Trinajstić information content (AvgIpc) is 2.62. The van der Waals surface area contributed by atoms with Crippen LogP contribution in [0.2, 0.25) is 0 Å². The van der Waals surface area contributed by atoms with E-state index < -0.39 is 6.04 Å². The number of nitrogens with zero attached hydrogens (tertiary/aromatic N) is 1. The number of carbonyl (C=O) groups excluding carboxylic acids is 2. The molecule has 150 valence electrons. The Labute approximate surface area is 169 Å². The van der Waals surface area contributed by atoms with Gasteiger partial charge in [-0.15, -0.1) is 0 Å². The summed E-state index contributed by atoms with van der Waals surface area (Å²) in [5.41, 5.74) is 5.44. The SMILES string of the molecule is CCCNC(=O)C(C)N(Cc1cccc(C)c1)C(=O)Cc1cc(C)cc(C)c1. The number of carbonyl (C=O) groups is 2. The van der Waals surface area contributed by atoms with Crippen LogP contribution < -0.4 is 5.32 Å². The third-order valence-electron chi connectivity index (χ3n) is 4.79. The van der Waals surface area contributed by atoms with Crippen molar-refractivity contribution >= 4 is 11.8 Å². The number of hydrogen-bond acceptors (Lipinski definition) is 2. The second kappa shape index (κ2) is 10.1. The van der Waals surface area contributed by atoms with E-state index >= 15 is 0 Å². The summed E-state index contributed by atoms with van der Waals surface area (Å²) in [7, 11) is 0. The Balaban J connectivity index is 2.24. The van der Waals surface area contributed by atoms with Crippen LogP contribution >= 0.6 is 0 Å². The molecule has 4 nitrogen and oxygen atoms in total. The van der Waals surface area contributed by atoms with Crippen LogP contribution in [0.4, 0.5) is 0 Å². The second-order valence-electron chi connectivity index (χ2n) is 7.65. The second-order valence-corrected chi connectivity index (χ2v) is 7.65. The molecule has 0 aliphatic carbocycles. The van der Waals surface area contributed by atoms with E-state index in [0.717, 1.165) is 34.2 Å². The largest absolute Gasteiger partial charge is 0.354 e. The summed E-state index contributed by atoms with van der Waals surface area (Å²) < 4.78 is 0. The normalized spacial score (nSPS) is 11.8. The number of hydrogen-bond donors (Lipinski definition) is 1. The summed E-state index contributed by atoms with van der Waals surface area (Å²) in [4.78, 5) is 27.4. The predicted octanol–water partition coefficient (Wildman–Crippen LogP) is 4.10. The number of amides is 2. The van der Waals surface area contributed by atoms with Crippen molar-refractivity contribution in [3.63, 3.8) is 0 Å². The van der Waals surface area contributed by atoms with Crippen molar-refractivity contribution in [1.29, 1.82) is 0 Å². The van der Waals surface area contributed by atoms with Gasteiger partial charge in [0.15, 0.2) is 0 Å². The predicted molar refractivity (Wildman–Crippen MR) is 114 cm³/mol. The summed E-state index contributed by atoms with van der Waals surface area (Å²) >= 11 is 0. The standard InChI is InChI=1S/C24H32N2O2/c1-6-10-25-24(28)20(5)26(16-21-9-7-8-17(2)12-21)23(27)15-22-13-18(3)11-19(4)14-22/h7-9,11-14,20H,6,10,15-16H2,1-5H3,(H,25,28). The summed E-state index contributed by atoms with van der Waals surface area (Å²) in [6.45, 7) is 11.0. The van der Waals surface area contributed by atoms with E-state index in [4.69, 9.17) is 0 Å². The fourth-order valence-electron chi connectivity index (χ4n) is 3.43. The van der Waals surface area contributed by atoms with Gasteiger partial charge in [-0.2, -0.15) is 0 Å². The Bertz CT molecular complexity index is 809. The molecule has 0 saturated heterocycles. The zero-order valence-corrected chi connectivity index (χ0v) is 17.7. The molecule has 0 fully saturated rings. The van der Waals surface area contributed by atoms with Gasteiger partial charge < -0.3 is 10.2 Å². The van der Waals surface area contributed by atoms with Crippen molar-refractivity contribution in [3.05, 3.63) is 70.3 Å². The van der Waals surface area contributed by atoms with Gasteiger partial charge in [-0.3, -0.25) is 9.59 Å². The van der Waals surface area contributed by atoms with Crippen LogP contribution in [-0.4, -0.2) is 29.3 Å². The van der Waals surface area contributed by atoms with E-state index in [0.29, 0.717) is 19.5 Å². The number of nitrogens with one attached hydrogen (secondary N) is 1. The highest BCUT2D eigenvalue weighted by molar-refractivity contribution is 5.88. The number of rotatable bonds is 8. The van der Waals surface area contributed by atoms with E-state index in [1.807, 2.05) is 58.0 Å². The van der Waals surface area contributed by atoms with Crippen LogP contribution in [0.25, 0.3) is 0 Å². The monoisotopic (exact) mass is 380 g/mol. The average molecular weight is 381 g/mol. The Kier molecular flexibility index (Phi) is 7.80.